The van der Waals surface area contributed by atoms with Crippen LogP contribution in [0.4, 0.5) is 0 Å². The summed E-state index contributed by atoms with van der Waals surface area (Å²) in [6, 6.07) is 0.378. The number of nitrogens with zero attached hydrogens (tertiary/aromatic N) is 1. The fraction of sp³-hybridized carbons (Fsp3) is 0.455. The predicted octanol–water partition coefficient (Wildman–Crippen LogP) is 4.77. The fourth-order valence-electron chi connectivity index (χ4n) is 2.87. The van der Waals surface area contributed by atoms with E-state index in [0.717, 1.165) is 37.9 Å². The van der Waals surface area contributed by atoms with Crippen LogP contribution in [-0.2, 0) is 0 Å². The van der Waals surface area contributed by atoms with Gasteiger partial charge in [0.25, 0.3) is 0 Å². The Kier molecular flexibility index (Phi) is 7.33. The van der Waals surface area contributed by atoms with Crippen molar-refractivity contribution in [3.05, 3.63) is 72.0 Å². The predicted molar refractivity (Wildman–Crippen MR) is 106 cm³/mol. The summed E-state index contributed by atoms with van der Waals surface area (Å²) in [7, 11) is 4.22. The van der Waals surface area contributed by atoms with Gasteiger partial charge in [-0.05, 0) is 63.4 Å². The summed E-state index contributed by atoms with van der Waals surface area (Å²) in [5.74, 6) is 0.675. The smallest absolute Gasteiger partial charge is 0.0479 e. The highest BCUT2D eigenvalue weighted by atomic mass is 15.0. The Hall–Kier alpha value is -1.80. The molecule has 0 radical (unpaired) electrons. The molecule has 0 saturated heterocycles. The van der Waals surface area contributed by atoms with Crippen molar-refractivity contribution in [1.29, 1.82) is 0 Å². The van der Waals surface area contributed by atoms with E-state index in [0.29, 0.717) is 12.0 Å². The summed E-state index contributed by atoms with van der Waals surface area (Å²) in [4.78, 5) is 2.22. The molecule has 0 saturated carbocycles. The normalized spacial score (nSPS) is 23.5. The van der Waals surface area contributed by atoms with Crippen molar-refractivity contribution in [2.24, 2.45) is 5.92 Å². The van der Waals surface area contributed by atoms with Gasteiger partial charge in [0.1, 0.15) is 0 Å². The minimum Gasteiger partial charge on any atom is -0.382 e. The zero-order chi connectivity index (χ0) is 17.4. The average Bonchev–Trinajstić information content (AvgIpc) is 2.55. The van der Waals surface area contributed by atoms with E-state index >= 15 is 0 Å². The Morgan fingerprint density at radius 2 is 1.83 bits per heavy atom. The Morgan fingerprint density at radius 3 is 2.38 bits per heavy atom. The summed E-state index contributed by atoms with van der Waals surface area (Å²) in [5.41, 5.74) is 3.75. The maximum absolute atomic E-state index is 4.15. The second-order valence-corrected chi connectivity index (χ2v) is 7.17. The molecule has 0 spiro atoms. The van der Waals surface area contributed by atoms with Crippen LogP contribution in [0.1, 0.15) is 32.6 Å². The Labute approximate surface area is 148 Å². The molecule has 0 aromatic rings. The summed E-state index contributed by atoms with van der Waals surface area (Å²) in [6.07, 6.45) is 22.4. The molecule has 0 heterocycles. The van der Waals surface area contributed by atoms with Gasteiger partial charge in [-0.15, -0.1) is 0 Å². The number of nitrogens with one attached hydrogen (secondary N) is 1. The molecule has 130 valence electrons. The lowest BCUT2D eigenvalue weighted by Gasteiger charge is -2.20. The molecule has 2 aliphatic carbocycles. The van der Waals surface area contributed by atoms with Crippen LogP contribution < -0.4 is 5.32 Å². The van der Waals surface area contributed by atoms with Crippen LogP contribution in [0.5, 0.6) is 0 Å². The lowest BCUT2D eigenvalue weighted by atomic mass is 9.97. The Morgan fingerprint density at radius 1 is 1.17 bits per heavy atom. The van der Waals surface area contributed by atoms with E-state index in [9.17, 15) is 0 Å². The zero-order valence-electron chi connectivity index (χ0n) is 15.5. The molecule has 2 rings (SSSR count). The minimum absolute atomic E-state index is 0.378. The first-order valence-corrected chi connectivity index (χ1v) is 9.07. The van der Waals surface area contributed by atoms with Crippen molar-refractivity contribution >= 4 is 0 Å². The Bertz CT molecular complexity index is 573. The van der Waals surface area contributed by atoms with Crippen LogP contribution in [0.15, 0.2) is 72.0 Å². The average molecular weight is 325 g/mol. The molecule has 0 amide bonds. The van der Waals surface area contributed by atoms with E-state index in [4.69, 9.17) is 0 Å². The van der Waals surface area contributed by atoms with Gasteiger partial charge in [0, 0.05) is 11.7 Å². The van der Waals surface area contributed by atoms with Crippen molar-refractivity contribution in [3.8, 4) is 0 Å². The van der Waals surface area contributed by atoms with Gasteiger partial charge < -0.3 is 10.2 Å². The molecule has 2 atom stereocenters. The lowest BCUT2D eigenvalue weighted by molar-refractivity contribution is 0.397. The number of rotatable bonds is 8. The van der Waals surface area contributed by atoms with Crippen molar-refractivity contribution in [3.63, 3.8) is 0 Å². The van der Waals surface area contributed by atoms with Gasteiger partial charge >= 0.3 is 0 Å². The third-order valence-electron chi connectivity index (χ3n) is 4.41. The molecule has 0 bridgehead atoms. The van der Waals surface area contributed by atoms with Gasteiger partial charge in [-0.1, -0.05) is 62.1 Å². The van der Waals surface area contributed by atoms with Crippen LogP contribution in [0.3, 0.4) is 0 Å². The van der Waals surface area contributed by atoms with Crippen LogP contribution in [0, 0.1) is 5.92 Å². The van der Waals surface area contributed by atoms with E-state index in [-0.39, 0.29) is 0 Å². The van der Waals surface area contributed by atoms with Gasteiger partial charge in [-0.3, -0.25) is 0 Å². The highest BCUT2D eigenvalue weighted by Gasteiger charge is 2.08. The van der Waals surface area contributed by atoms with Crippen LogP contribution in [0.25, 0.3) is 0 Å². The van der Waals surface area contributed by atoms with Crippen molar-refractivity contribution < 1.29 is 0 Å². The first-order chi connectivity index (χ1) is 11.5. The summed E-state index contributed by atoms with van der Waals surface area (Å²) in [5, 5.41) is 3.53. The van der Waals surface area contributed by atoms with Crippen LogP contribution in [0.2, 0.25) is 0 Å². The molecule has 24 heavy (non-hydrogen) atoms. The molecule has 0 aromatic heterocycles. The highest BCUT2D eigenvalue weighted by molar-refractivity contribution is 5.41. The largest absolute Gasteiger partial charge is 0.382 e. The summed E-state index contributed by atoms with van der Waals surface area (Å²) < 4.78 is 0. The molecule has 0 aromatic carbocycles. The third kappa shape index (κ3) is 6.76. The summed E-state index contributed by atoms with van der Waals surface area (Å²) in [6.45, 7) is 7.52. The maximum atomic E-state index is 4.15. The van der Waals surface area contributed by atoms with E-state index in [2.05, 4.69) is 86.4 Å². The molecule has 0 aliphatic heterocycles. The first-order valence-electron chi connectivity index (χ1n) is 9.07. The van der Waals surface area contributed by atoms with E-state index in [1.165, 1.54) is 11.1 Å². The highest BCUT2D eigenvalue weighted by Crippen LogP contribution is 2.18. The zero-order valence-corrected chi connectivity index (χ0v) is 15.5. The monoisotopic (exact) mass is 324 g/mol. The lowest BCUT2D eigenvalue weighted by Crippen LogP contribution is -2.27. The third-order valence-corrected chi connectivity index (χ3v) is 4.41. The second kappa shape index (κ2) is 9.48. The van der Waals surface area contributed by atoms with Crippen molar-refractivity contribution in [2.75, 3.05) is 20.6 Å². The molecule has 2 unspecified atom stereocenters. The van der Waals surface area contributed by atoms with Gasteiger partial charge in [-0.2, -0.15) is 0 Å². The fourth-order valence-corrected chi connectivity index (χ4v) is 2.87. The summed E-state index contributed by atoms with van der Waals surface area (Å²) >= 11 is 0. The SMILES string of the molecule is C=C(CCCN(C)C)NC1C=CC(/C=C/C2=CCC(C)C=C2)=CC1. The van der Waals surface area contributed by atoms with E-state index < -0.39 is 0 Å². The molecule has 2 nitrogen and oxygen atoms in total. The number of allylic oxidation sites excluding steroid dienone is 9. The quantitative estimate of drug-likeness (QED) is 0.692. The topological polar surface area (TPSA) is 15.3 Å². The molecule has 1 N–H and O–H groups in total. The van der Waals surface area contributed by atoms with Gasteiger partial charge in [-0.25, -0.2) is 0 Å². The van der Waals surface area contributed by atoms with Crippen LogP contribution in [-0.4, -0.2) is 31.6 Å². The molecular formula is C22H32N2. The van der Waals surface area contributed by atoms with Gasteiger partial charge in [0.05, 0.1) is 0 Å². The molecule has 2 aliphatic rings. The van der Waals surface area contributed by atoms with Crippen molar-refractivity contribution in [2.45, 2.75) is 38.6 Å². The second-order valence-electron chi connectivity index (χ2n) is 7.17. The van der Waals surface area contributed by atoms with Crippen LogP contribution >= 0.6 is 0 Å². The number of hydrogen-bond donors (Lipinski definition) is 1. The molecule has 0 fully saturated rings. The first kappa shape index (κ1) is 18.5. The molecular weight excluding hydrogens is 292 g/mol. The standard InChI is InChI=1S/C22H32N2/c1-18-7-9-20(10-8-18)11-12-21-13-15-22(16-14-21)23-19(2)6-5-17-24(3)4/h7,9-15,18,22-23H,2,5-6,8,16-17H2,1,3-4H3/b12-11+. The molecule has 2 heteroatoms. The number of hydrogen-bond acceptors (Lipinski definition) is 2. The van der Waals surface area contributed by atoms with Gasteiger partial charge in [0.15, 0.2) is 0 Å². The van der Waals surface area contributed by atoms with Gasteiger partial charge in [0.2, 0.25) is 0 Å². The van der Waals surface area contributed by atoms with Crippen molar-refractivity contribution in [1.82, 2.24) is 10.2 Å². The Balaban J connectivity index is 1.73. The maximum Gasteiger partial charge on any atom is 0.0479 e. The van der Waals surface area contributed by atoms with E-state index in [1.54, 1.807) is 0 Å². The minimum atomic E-state index is 0.378. The van der Waals surface area contributed by atoms with E-state index in [1.807, 2.05) is 0 Å².